The van der Waals surface area contributed by atoms with Gasteiger partial charge < -0.3 is 20.7 Å². The molecule has 3 heterocycles. The lowest BCUT2D eigenvalue weighted by Gasteiger charge is -2.20. The molecule has 8 nitrogen and oxygen atoms in total. The van der Waals surface area contributed by atoms with Gasteiger partial charge in [-0.05, 0) is 59.2 Å². The van der Waals surface area contributed by atoms with E-state index in [9.17, 15) is 15.0 Å². The zero-order valence-electron chi connectivity index (χ0n) is 23.8. The topological polar surface area (TPSA) is 122 Å². The number of nitrogens with one attached hydrogen (secondary N) is 1. The van der Waals surface area contributed by atoms with Crippen LogP contribution in [0.4, 0.5) is 0 Å². The standard InChI is InChI=1S/C33H40N4O4/c1-2-3-4-7-25(38)17-26(39)11-9-22-10-12-31(40)32(15-22)41-21-37-19-29-24(18-36-30(29)20-37)16-23-6-5-8-28-27(23)13-14-35-33(28)34/h5-6,8,10,12,14-15,18,20,25,33,38,40H,2-4,7,9,11,13,16-17,19,21,34H2,1H3/p+1. The summed E-state index contributed by atoms with van der Waals surface area (Å²) >= 11 is 0. The predicted molar refractivity (Wildman–Crippen MR) is 160 cm³/mol. The minimum absolute atomic E-state index is 0.0563. The van der Waals surface area contributed by atoms with Crippen LogP contribution in [0.1, 0.15) is 73.9 Å². The van der Waals surface area contributed by atoms with Crippen molar-refractivity contribution in [3.8, 4) is 11.5 Å². The Hall–Kier alpha value is -3.59. The van der Waals surface area contributed by atoms with E-state index in [1.807, 2.05) is 18.5 Å². The number of aliphatic imine (C=N–C) groups is 2. The molecule has 2 aromatic rings. The minimum atomic E-state index is -0.560. The Morgan fingerprint density at radius 1 is 1.24 bits per heavy atom. The van der Waals surface area contributed by atoms with Crippen molar-refractivity contribution >= 4 is 18.2 Å². The Morgan fingerprint density at radius 2 is 2.12 bits per heavy atom. The Balaban J connectivity index is 1.15. The van der Waals surface area contributed by atoms with Crippen LogP contribution in [0.25, 0.3) is 0 Å². The monoisotopic (exact) mass is 557 g/mol. The van der Waals surface area contributed by atoms with E-state index >= 15 is 0 Å². The summed E-state index contributed by atoms with van der Waals surface area (Å²) in [5.74, 6) is 0.538. The zero-order valence-corrected chi connectivity index (χ0v) is 23.8. The number of carbonyl (C=O) groups excluding carboxylic acids is 1. The SMILES string of the molecule is CCCCCC(O)CC(=O)CCc1ccc(O)c(OC[NH+]2C=C3N=CC(Cc4cccc5c4CC=NC5N)=C3C2)c1. The predicted octanol–water partition coefficient (Wildman–Crippen LogP) is 3.51. The number of aryl methyl sites for hydroxylation is 1. The fourth-order valence-electron chi connectivity index (χ4n) is 5.78. The number of aliphatic hydroxyl groups excluding tert-OH is 1. The van der Waals surface area contributed by atoms with Crippen molar-refractivity contribution in [3.63, 3.8) is 0 Å². The first-order chi connectivity index (χ1) is 19.9. The van der Waals surface area contributed by atoms with Crippen molar-refractivity contribution < 1.29 is 24.6 Å². The number of ether oxygens (including phenoxy) is 1. The molecule has 41 heavy (non-hydrogen) atoms. The summed E-state index contributed by atoms with van der Waals surface area (Å²) in [6.45, 7) is 3.23. The van der Waals surface area contributed by atoms with Gasteiger partial charge in [0.25, 0.3) is 0 Å². The third-order valence-corrected chi connectivity index (χ3v) is 8.11. The number of aliphatic hydroxyl groups is 1. The number of quaternary nitrogens is 1. The highest BCUT2D eigenvalue weighted by Gasteiger charge is 2.30. The molecule has 3 aliphatic heterocycles. The minimum Gasteiger partial charge on any atom is -0.504 e. The summed E-state index contributed by atoms with van der Waals surface area (Å²) in [4.78, 5) is 22.5. The third-order valence-electron chi connectivity index (χ3n) is 8.11. The number of phenols is 1. The lowest BCUT2D eigenvalue weighted by molar-refractivity contribution is -0.855. The number of fused-ring (bicyclic) bond motifs is 2. The number of hydrogen-bond donors (Lipinski definition) is 4. The van der Waals surface area contributed by atoms with Gasteiger partial charge in [0.2, 0.25) is 6.73 Å². The van der Waals surface area contributed by atoms with Crippen LogP contribution in [0.2, 0.25) is 0 Å². The van der Waals surface area contributed by atoms with Gasteiger partial charge in [-0.25, -0.2) is 0 Å². The van der Waals surface area contributed by atoms with Crippen LogP contribution < -0.4 is 15.4 Å². The number of Topliss-reactive ketones (excluding diaryl/α,β-unsaturated/α-hetero) is 1. The van der Waals surface area contributed by atoms with E-state index in [-0.39, 0.29) is 24.1 Å². The molecule has 216 valence electrons. The Kier molecular flexibility index (Phi) is 9.44. The summed E-state index contributed by atoms with van der Waals surface area (Å²) in [5.41, 5.74) is 14.1. The van der Waals surface area contributed by atoms with Gasteiger partial charge in [-0.2, -0.15) is 0 Å². The number of aromatic hydroxyl groups is 1. The van der Waals surface area contributed by atoms with Crippen LogP contribution >= 0.6 is 0 Å². The van der Waals surface area contributed by atoms with E-state index in [0.717, 1.165) is 60.4 Å². The van der Waals surface area contributed by atoms with Crippen molar-refractivity contribution in [2.75, 3.05) is 13.3 Å². The molecule has 0 spiro atoms. The number of carbonyl (C=O) groups is 1. The highest BCUT2D eigenvalue weighted by molar-refractivity contribution is 5.87. The first-order valence-electron chi connectivity index (χ1n) is 14.8. The molecule has 0 saturated heterocycles. The van der Waals surface area contributed by atoms with Gasteiger partial charge in [0.05, 0.1) is 6.10 Å². The Bertz CT molecular complexity index is 1390. The lowest BCUT2D eigenvalue weighted by Crippen LogP contribution is -3.07. The normalized spacial score (nSPS) is 19.7. The number of unbranched alkanes of at least 4 members (excludes halogenated alkanes) is 2. The molecule has 3 unspecified atom stereocenters. The molecule has 2 aromatic carbocycles. The highest BCUT2D eigenvalue weighted by atomic mass is 16.5. The van der Waals surface area contributed by atoms with E-state index in [4.69, 9.17) is 10.5 Å². The molecule has 5 rings (SSSR count). The van der Waals surface area contributed by atoms with Gasteiger partial charge in [0, 0.05) is 37.3 Å². The first kappa shape index (κ1) is 28.9. The molecular formula is C33H41N4O4+. The number of rotatable bonds is 14. The molecule has 0 bridgehead atoms. The van der Waals surface area contributed by atoms with E-state index in [1.165, 1.54) is 22.3 Å². The maximum atomic E-state index is 12.4. The fraction of sp³-hybridized carbons (Fsp3) is 0.424. The van der Waals surface area contributed by atoms with E-state index in [1.54, 1.807) is 12.1 Å². The number of nitrogens with two attached hydrogens (primary N) is 1. The molecule has 0 radical (unpaired) electrons. The fourth-order valence-corrected chi connectivity index (χ4v) is 5.78. The number of nitrogens with zero attached hydrogens (tertiary/aromatic N) is 2. The molecule has 0 saturated carbocycles. The number of allylic oxidation sites excluding steroid dienone is 1. The van der Waals surface area contributed by atoms with Crippen LogP contribution in [0, 0.1) is 0 Å². The van der Waals surface area contributed by atoms with Gasteiger partial charge in [0.15, 0.2) is 11.5 Å². The van der Waals surface area contributed by atoms with E-state index in [2.05, 4.69) is 41.3 Å². The molecule has 0 fully saturated rings. The third kappa shape index (κ3) is 7.19. The maximum absolute atomic E-state index is 12.4. The summed E-state index contributed by atoms with van der Waals surface area (Å²) < 4.78 is 6.03. The van der Waals surface area contributed by atoms with Gasteiger partial charge in [-0.3, -0.25) is 19.7 Å². The van der Waals surface area contributed by atoms with Crippen molar-refractivity contribution in [1.82, 2.24) is 0 Å². The second-order valence-corrected chi connectivity index (χ2v) is 11.3. The van der Waals surface area contributed by atoms with Crippen LogP contribution in [0.3, 0.4) is 0 Å². The summed E-state index contributed by atoms with van der Waals surface area (Å²) in [6, 6.07) is 11.5. The summed E-state index contributed by atoms with van der Waals surface area (Å²) in [7, 11) is 0. The van der Waals surface area contributed by atoms with Gasteiger partial charge >= 0.3 is 0 Å². The second kappa shape index (κ2) is 13.4. The van der Waals surface area contributed by atoms with Crippen LogP contribution in [0.5, 0.6) is 11.5 Å². The molecular weight excluding hydrogens is 516 g/mol. The van der Waals surface area contributed by atoms with Gasteiger partial charge in [-0.1, -0.05) is 50.5 Å². The number of hydrogen-bond acceptors (Lipinski definition) is 7. The largest absolute Gasteiger partial charge is 0.504 e. The highest BCUT2D eigenvalue weighted by Crippen LogP contribution is 2.30. The molecule has 0 aromatic heterocycles. The smallest absolute Gasteiger partial charge is 0.227 e. The number of ketones is 1. The number of benzene rings is 2. The van der Waals surface area contributed by atoms with Crippen LogP contribution in [-0.2, 0) is 24.1 Å². The lowest BCUT2D eigenvalue weighted by atomic mass is 9.91. The average Bonchev–Trinajstić information content (AvgIpc) is 3.54. The van der Waals surface area contributed by atoms with Crippen LogP contribution in [0.15, 0.2) is 69.4 Å². The summed E-state index contributed by atoms with van der Waals surface area (Å²) in [6.07, 6.45) is 11.6. The van der Waals surface area contributed by atoms with E-state index < -0.39 is 6.10 Å². The Morgan fingerprint density at radius 3 is 2.98 bits per heavy atom. The number of phenolic OH excluding ortho intramolecular Hbond substituents is 1. The van der Waals surface area contributed by atoms with Gasteiger partial charge in [0.1, 0.15) is 30.4 Å². The summed E-state index contributed by atoms with van der Waals surface area (Å²) in [5, 5.41) is 20.5. The van der Waals surface area contributed by atoms with Crippen molar-refractivity contribution in [2.45, 2.75) is 77.0 Å². The zero-order chi connectivity index (χ0) is 28.8. The van der Waals surface area contributed by atoms with Crippen molar-refractivity contribution in [3.05, 3.63) is 81.7 Å². The molecule has 8 heteroatoms. The van der Waals surface area contributed by atoms with Crippen LogP contribution in [-0.4, -0.2) is 47.8 Å². The quantitative estimate of drug-likeness (QED) is 0.265. The average molecular weight is 558 g/mol. The van der Waals surface area contributed by atoms with Crippen molar-refractivity contribution in [1.29, 1.82) is 0 Å². The molecule has 3 atom stereocenters. The second-order valence-electron chi connectivity index (χ2n) is 11.3. The Labute approximate surface area is 242 Å². The van der Waals surface area contributed by atoms with Crippen molar-refractivity contribution in [2.24, 2.45) is 15.7 Å². The molecule has 5 N–H and O–H groups in total. The maximum Gasteiger partial charge on any atom is 0.227 e. The molecule has 0 aliphatic carbocycles. The van der Waals surface area contributed by atoms with E-state index in [0.29, 0.717) is 31.7 Å². The first-order valence-corrected chi connectivity index (χ1v) is 14.8. The molecule has 0 amide bonds. The molecule has 3 aliphatic rings. The van der Waals surface area contributed by atoms with Gasteiger partial charge in [-0.15, -0.1) is 0 Å².